The third kappa shape index (κ3) is 2.57. The van der Waals surface area contributed by atoms with Crippen LogP contribution in [0.5, 0.6) is 0 Å². The van der Waals surface area contributed by atoms with Gasteiger partial charge < -0.3 is 10.7 Å². The second-order valence-corrected chi connectivity index (χ2v) is 6.11. The lowest BCUT2D eigenvalue weighted by atomic mass is 10.0. The highest BCUT2D eigenvalue weighted by Crippen LogP contribution is 2.18. The number of nitrogens with two attached hydrogens (primary N) is 1. The lowest BCUT2D eigenvalue weighted by Crippen LogP contribution is -2.11. The lowest BCUT2D eigenvalue weighted by molar-refractivity contribution is 0.1000. The molecule has 0 spiro atoms. The van der Waals surface area contributed by atoms with E-state index in [1.165, 1.54) is 0 Å². The number of hydrogen-bond acceptors (Lipinski definition) is 3. The molecule has 2 aromatic heterocycles. The molecular weight excluding hydrogens is 316 g/mol. The van der Waals surface area contributed by atoms with Gasteiger partial charge in [-0.05, 0) is 41.8 Å². The zero-order valence-electron chi connectivity index (χ0n) is 13.6. The molecule has 2 aromatic carbocycles. The molecule has 0 fully saturated rings. The van der Waals surface area contributed by atoms with Crippen molar-refractivity contribution in [3.05, 3.63) is 75.6 Å². The van der Waals surface area contributed by atoms with Gasteiger partial charge in [0, 0.05) is 23.5 Å². The fourth-order valence-corrected chi connectivity index (χ4v) is 3.14. The Morgan fingerprint density at radius 3 is 2.76 bits per heavy atom. The number of nitrogens with zero attached hydrogens (tertiary/aromatic N) is 2. The zero-order chi connectivity index (χ0) is 17.6. The number of aromatic amines is 1. The highest BCUT2D eigenvalue weighted by molar-refractivity contribution is 5.93. The summed E-state index contributed by atoms with van der Waals surface area (Å²) in [6.45, 7) is 0. The van der Waals surface area contributed by atoms with Gasteiger partial charge >= 0.3 is 0 Å². The Labute approximate surface area is 142 Å². The van der Waals surface area contributed by atoms with Crippen molar-refractivity contribution in [1.82, 2.24) is 14.8 Å². The maximum absolute atomic E-state index is 12.8. The first-order chi connectivity index (χ1) is 12.0. The monoisotopic (exact) mass is 332 g/mol. The molecule has 0 aliphatic rings. The number of pyridine rings is 1. The molecule has 0 aliphatic heterocycles. The van der Waals surface area contributed by atoms with Gasteiger partial charge in [-0.2, -0.15) is 5.10 Å². The normalized spacial score (nSPS) is 11.2. The molecule has 124 valence electrons. The number of nitrogens with one attached hydrogen (secondary N) is 1. The smallest absolute Gasteiger partial charge is 0.248 e. The van der Waals surface area contributed by atoms with Gasteiger partial charge in [-0.3, -0.25) is 14.3 Å². The summed E-state index contributed by atoms with van der Waals surface area (Å²) in [5, 5.41) is 4.76. The molecule has 0 bridgehead atoms. The number of primary amides is 1. The van der Waals surface area contributed by atoms with E-state index in [9.17, 15) is 9.59 Å². The molecule has 3 N–H and O–H groups in total. The Morgan fingerprint density at radius 2 is 1.96 bits per heavy atom. The van der Waals surface area contributed by atoms with Gasteiger partial charge in [-0.1, -0.05) is 18.2 Å². The standard InChI is InChI=1S/C19H16N4O2/c1-23-17-16(10-21-23)22-15-6-5-12(9-14(15)18(17)24)7-11-3-2-4-13(8-11)19(20)25/h2-6,8-10H,7H2,1H3,(H2,20,25)(H,22,24). The molecule has 0 radical (unpaired) electrons. The van der Waals surface area contributed by atoms with Crippen LogP contribution in [0.1, 0.15) is 21.5 Å². The Kier molecular flexibility index (Phi) is 3.39. The largest absolute Gasteiger partial charge is 0.366 e. The van der Waals surface area contributed by atoms with E-state index >= 15 is 0 Å². The molecule has 4 aromatic rings. The van der Waals surface area contributed by atoms with Crippen LogP contribution >= 0.6 is 0 Å². The molecule has 0 saturated heterocycles. The predicted molar refractivity (Wildman–Crippen MR) is 96.6 cm³/mol. The average Bonchev–Trinajstić information content (AvgIpc) is 2.97. The molecule has 2 heterocycles. The summed E-state index contributed by atoms with van der Waals surface area (Å²) in [5.74, 6) is -0.449. The fourth-order valence-electron chi connectivity index (χ4n) is 3.14. The number of benzene rings is 2. The number of carbonyl (C=O) groups excluding carboxylic acids is 1. The van der Waals surface area contributed by atoms with Crippen molar-refractivity contribution in [3.63, 3.8) is 0 Å². The van der Waals surface area contributed by atoms with Gasteiger partial charge in [0.05, 0.1) is 11.7 Å². The number of rotatable bonds is 3. The van der Waals surface area contributed by atoms with Crippen molar-refractivity contribution >= 4 is 27.8 Å². The van der Waals surface area contributed by atoms with Gasteiger partial charge in [0.15, 0.2) is 0 Å². The molecule has 1 amide bonds. The zero-order valence-corrected chi connectivity index (χ0v) is 13.6. The maximum atomic E-state index is 12.8. The number of H-pyrrole nitrogens is 1. The summed E-state index contributed by atoms with van der Waals surface area (Å²) in [5.41, 5.74) is 9.78. The summed E-state index contributed by atoms with van der Waals surface area (Å²) >= 11 is 0. The quantitative estimate of drug-likeness (QED) is 0.601. The van der Waals surface area contributed by atoms with E-state index in [0.29, 0.717) is 22.9 Å². The topological polar surface area (TPSA) is 93.8 Å². The van der Waals surface area contributed by atoms with E-state index in [0.717, 1.165) is 22.2 Å². The van der Waals surface area contributed by atoms with Crippen molar-refractivity contribution in [2.24, 2.45) is 12.8 Å². The maximum Gasteiger partial charge on any atom is 0.248 e. The van der Waals surface area contributed by atoms with Gasteiger partial charge in [-0.25, -0.2) is 0 Å². The molecule has 0 atom stereocenters. The second kappa shape index (κ2) is 5.59. The Bertz CT molecular complexity index is 1190. The Hall–Kier alpha value is -3.41. The summed E-state index contributed by atoms with van der Waals surface area (Å²) < 4.78 is 1.58. The van der Waals surface area contributed by atoms with Crippen LogP contribution in [0.25, 0.3) is 21.9 Å². The molecule has 4 rings (SSSR count). The van der Waals surface area contributed by atoms with Crippen LogP contribution in [0, 0.1) is 0 Å². The fraction of sp³-hybridized carbons (Fsp3) is 0.105. The number of hydrogen-bond donors (Lipinski definition) is 2. The number of fused-ring (bicyclic) bond motifs is 2. The molecule has 0 aliphatic carbocycles. The number of amides is 1. The van der Waals surface area contributed by atoms with Crippen LogP contribution in [0.15, 0.2) is 53.5 Å². The minimum atomic E-state index is -0.449. The third-order valence-corrected chi connectivity index (χ3v) is 4.37. The summed E-state index contributed by atoms with van der Waals surface area (Å²) in [6.07, 6.45) is 2.26. The van der Waals surface area contributed by atoms with Crippen LogP contribution < -0.4 is 11.2 Å². The van der Waals surface area contributed by atoms with E-state index in [1.54, 1.807) is 30.1 Å². The van der Waals surface area contributed by atoms with E-state index < -0.39 is 5.91 Å². The first-order valence-electron chi connectivity index (χ1n) is 7.88. The number of aryl methyl sites for hydroxylation is 1. The van der Waals surface area contributed by atoms with Gasteiger partial charge in [0.2, 0.25) is 11.3 Å². The molecule has 6 heteroatoms. The highest BCUT2D eigenvalue weighted by Gasteiger charge is 2.10. The van der Waals surface area contributed by atoms with Crippen LogP contribution in [0.3, 0.4) is 0 Å². The minimum absolute atomic E-state index is 0.0449. The Morgan fingerprint density at radius 1 is 1.16 bits per heavy atom. The van der Waals surface area contributed by atoms with Crippen molar-refractivity contribution in [1.29, 1.82) is 0 Å². The Balaban J connectivity index is 1.81. The van der Waals surface area contributed by atoms with Crippen molar-refractivity contribution in [3.8, 4) is 0 Å². The molecular formula is C19H16N4O2. The first-order valence-corrected chi connectivity index (χ1v) is 7.88. The summed E-state index contributed by atoms with van der Waals surface area (Å²) in [4.78, 5) is 27.3. The molecule has 0 unspecified atom stereocenters. The first kappa shape index (κ1) is 15.1. The van der Waals surface area contributed by atoms with Gasteiger partial charge in [0.25, 0.3) is 0 Å². The number of aromatic nitrogens is 3. The van der Waals surface area contributed by atoms with E-state index in [1.807, 2.05) is 30.3 Å². The minimum Gasteiger partial charge on any atom is -0.366 e. The average molecular weight is 332 g/mol. The lowest BCUT2D eigenvalue weighted by Gasteiger charge is -2.06. The summed E-state index contributed by atoms with van der Waals surface area (Å²) in [7, 11) is 1.75. The molecule has 6 nitrogen and oxygen atoms in total. The van der Waals surface area contributed by atoms with Crippen molar-refractivity contribution in [2.45, 2.75) is 6.42 Å². The SMILES string of the molecule is Cn1ncc2[nH]c3ccc(Cc4cccc(C(N)=O)c4)cc3c(=O)c21. The van der Waals surface area contributed by atoms with Crippen molar-refractivity contribution < 1.29 is 4.79 Å². The predicted octanol–water partition coefficient (Wildman–Crippen LogP) is 2.10. The number of carbonyl (C=O) groups is 1. The van der Waals surface area contributed by atoms with Crippen LogP contribution in [0.4, 0.5) is 0 Å². The van der Waals surface area contributed by atoms with Gasteiger partial charge in [0.1, 0.15) is 5.52 Å². The molecule has 25 heavy (non-hydrogen) atoms. The molecule has 0 saturated carbocycles. The van der Waals surface area contributed by atoms with Crippen LogP contribution in [0.2, 0.25) is 0 Å². The van der Waals surface area contributed by atoms with E-state index in [4.69, 9.17) is 5.73 Å². The summed E-state index contributed by atoms with van der Waals surface area (Å²) in [6, 6.07) is 13.0. The van der Waals surface area contributed by atoms with E-state index in [-0.39, 0.29) is 5.43 Å². The van der Waals surface area contributed by atoms with Crippen molar-refractivity contribution in [2.75, 3.05) is 0 Å². The third-order valence-electron chi connectivity index (χ3n) is 4.37. The van der Waals surface area contributed by atoms with Gasteiger partial charge in [-0.15, -0.1) is 0 Å². The highest BCUT2D eigenvalue weighted by atomic mass is 16.1. The van der Waals surface area contributed by atoms with E-state index in [2.05, 4.69) is 10.1 Å². The second-order valence-electron chi connectivity index (χ2n) is 6.11. The van der Waals surface area contributed by atoms with Crippen LogP contribution in [-0.4, -0.2) is 20.7 Å². The van der Waals surface area contributed by atoms with Crippen LogP contribution in [-0.2, 0) is 13.5 Å².